The summed E-state index contributed by atoms with van der Waals surface area (Å²) in [5, 5.41) is 5.81. The van der Waals surface area contributed by atoms with Crippen molar-refractivity contribution < 1.29 is 9.18 Å². The maximum absolute atomic E-state index is 13.2. The zero-order chi connectivity index (χ0) is 11.5. The molecule has 1 aliphatic rings. The largest absolute Gasteiger partial charge is 0.324 e. The minimum absolute atomic E-state index is 0.0984. The zero-order valence-electron chi connectivity index (χ0n) is 8.92. The average Bonchev–Trinajstić information content (AvgIpc) is 2.78. The van der Waals surface area contributed by atoms with Crippen molar-refractivity contribution in [1.29, 1.82) is 0 Å². The molecule has 0 saturated carbocycles. The highest BCUT2D eigenvalue weighted by atomic mass is 32.2. The smallest absolute Gasteiger partial charge is 0.242 e. The molecule has 0 spiro atoms. The number of hydrogen-bond acceptors (Lipinski definition) is 3. The molecule has 5 heteroatoms. The maximum atomic E-state index is 13.2. The van der Waals surface area contributed by atoms with Gasteiger partial charge in [-0.3, -0.25) is 10.1 Å². The quantitative estimate of drug-likeness (QED) is 0.827. The van der Waals surface area contributed by atoms with E-state index in [2.05, 4.69) is 10.6 Å². The third kappa shape index (κ3) is 2.36. The predicted molar refractivity (Wildman–Crippen MR) is 64.0 cm³/mol. The Balaban J connectivity index is 2.08. The van der Waals surface area contributed by atoms with Gasteiger partial charge in [-0.05, 0) is 19.1 Å². The summed E-state index contributed by atoms with van der Waals surface area (Å²) in [5.41, 5.74) is 1.02. The summed E-state index contributed by atoms with van der Waals surface area (Å²) in [6.45, 7) is 1.65. The van der Waals surface area contributed by atoms with Crippen molar-refractivity contribution >= 4 is 23.4 Å². The lowest BCUT2D eigenvalue weighted by molar-refractivity contribution is -0.117. The summed E-state index contributed by atoms with van der Waals surface area (Å²) in [7, 11) is 0. The van der Waals surface area contributed by atoms with Crippen LogP contribution in [0.5, 0.6) is 0 Å². The van der Waals surface area contributed by atoms with Gasteiger partial charge in [-0.25, -0.2) is 4.39 Å². The summed E-state index contributed by atoms with van der Waals surface area (Å²) < 4.78 is 13.2. The van der Waals surface area contributed by atoms with Crippen LogP contribution >= 0.6 is 11.8 Å². The molecule has 2 N–H and O–H groups in total. The van der Waals surface area contributed by atoms with Crippen LogP contribution in [0.25, 0.3) is 0 Å². The minimum Gasteiger partial charge on any atom is -0.324 e. The second kappa shape index (κ2) is 4.84. The van der Waals surface area contributed by atoms with Gasteiger partial charge in [0, 0.05) is 22.9 Å². The molecule has 1 amide bonds. The molecule has 3 nitrogen and oxygen atoms in total. The number of carbonyl (C=O) groups excluding carboxylic acids is 1. The summed E-state index contributed by atoms with van der Waals surface area (Å²) >= 11 is 1.68. The fourth-order valence-electron chi connectivity index (χ4n) is 1.53. The molecule has 1 heterocycles. The number of benzene rings is 1. The predicted octanol–water partition coefficient (Wildman–Crippen LogP) is 1.74. The molecule has 0 bridgehead atoms. The van der Waals surface area contributed by atoms with E-state index in [4.69, 9.17) is 0 Å². The van der Waals surface area contributed by atoms with Gasteiger partial charge in [-0.2, -0.15) is 0 Å². The Morgan fingerprint density at radius 1 is 1.62 bits per heavy atom. The fraction of sp³-hybridized carbons (Fsp3) is 0.364. The van der Waals surface area contributed by atoms with Crippen LogP contribution in [0.3, 0.4) is 0 Å². The molecule has 1 atom stereocenters. The Labute approximate surface area is 97.8 Å². The molecule has 1 unspecified atom stereocenters. The van der Waals surface area contributed by atoms with Crippen molar-refractivity contribution in [3.63, 3.8) is 0 Å². The number of rotatable bonds is 2. The lowest BCUT2D eigenvalue weighted by atomic mass is 10.2. The van der Waals surface area contributed by atoms with E-state index in [9.17, 15) is 9.18 Å². The van der Waals surface area contributed by atoms with Crippen molar-refractivity contribution in [3.05, 3.63) is 29.6 Å². The van der Waals surface area contributed by atoms with Crippen LogP contribution in [-0.2, 0) is 4.79 Å². The van der Waals surface area contributed by atoms with E-state index >= 15 is 0 Å². The lowest BCUT2D eigenvalue weighted by Crippen LogP contribution is -2.37. The molecular formula is C11H13FN2OS. The van der Waals surface area contributed by atoms with Crippen LogP contribution in [0.1, 0.15) is 5.56 Å². The molecule has 1 aromatic carbocycles. The van der Waals surface area contributed by atoms with Crippen molar-refractivity contribution in [2.75, 3.05) is 16.9 Å². The van der Waals surface area contributed by atoms with E-state index in [1.165, 1.54) is 6.07 Å². The van der Waals surface area contributed by atoms with E-state index in [1.54, 1.807) is 30.8 Å². The molecule has 86 valence electrons. The van der Waals surface area contributed by atoms with Crippen molar-refractivity contribution in [2.45, 2.75) is 13.0 Å². The molecule has 0 aromatic heterocycles. The summed E-state index contributed by atoms with van der Waals surface area (Å²) in [5.74, 6) is 1.16. The van der Waals surface area contributed by atoms with Crippen LogP contribution in [0.15, 0.2) is 18.2 Å². The molecular weight excluding hydrogens is 227 g/mol. The van der Waals surface area contributed by atoms with E-state index < -0.39 is 0 Å². The number of halogens is 1. The maximum Gasteiger partial charge on any atom is 0.242 e. The summed E-state index contributed by atoms with van der Waals surface area (Å²) in [4.78, 5) is 11.8. The second-order valence-corrected chi connectivity index (χ2v) is 4.70. The Morgan fingerprint density at radius 2 is 2.44 bits per heavy atom. The number of amides is 1. The van der Waals surface area contributed by atoms with Gasteiger partial charge in [0.25, 0.3) is 0 Å². The summed E-state index contributed by atoms with van der Waals surface area (Å²) in [6, 6.07) is 4.51. The number of carbonyl (C=O) groups is 1. The summed E-state index contributed by atoms with van der Waals surface area (Å²) in [6.07, 6.45) is 0. The number of anilines is 1. The lowest BCUT2D eigenvalue weighted by Gasteiger charge is -2.12. The van der Waals surface area contributed by atoms with Crippen LogP contribution in [0, 0.1) is 12.7 Å². The van der Waals surface area contributed by atoms with E-state index in [1.807, 2.05) is 0 Å². The van der Waals surface area contributed by atoms with Crippen LogP contribution in [0.2, 0.25) is 0 Å². The molecule has 16 heavy (non-hydrogen) atoms. The van der Waals surface area contributed by atoms with Gasteiger partial charge in [0.2, 0.25) is 5.91 Å². The van der Waals surface area contributed by atoms with Crippen molar-refractivity contribution in [3.8, 4) is 0 Å². The number of hydrogen-bond donors (Lipinski definition) is 2. The molecule has 1 aromatic rings. The first-order chi connectivity index (χ1) is 7.68. The van der Waals surface area contributed by atoms with E-state index in [-0.39, 0.29) is 17.8 Å². The Hall–Kier alpha value is -1.07. The van der Waals surface area contributed by atoms with E-state index in [0.29, 0.717) is 11.3 Å². The van der Waals surface area contributed by atoms with Gasteiger partial charge in [0.1, 0.15) is 5.82 Å². The Kier molecular flexibility index (Phi) is 3.46. The molecule has 1 saturated heterocycles. The third-order valence-corrected chi connectivity index (χ3v) is 3.50. The van der Waals surface area contributed by atoms with Gasteiger partial charge in [-0.15, -0.1) is 11.8 Å². The second-order valence-electron chi connectivity index (χ2n) is 3.67. The normalized spacial score (nSPS) is 19.8. The first kappa shape index (κ1) is 11.4. The van der Waals surface area contributed by atoms with Crippen LogP contribution in [0.4, 0.5) is 10.1 Å². The van der Waals surface area contributed by atoms with Crippen molar-refractivity contribution in [2.24, 2.45) is 0 Å². The highest BCUT2D eigenvalue weighted by molar-refractivity contribution is 7.99. The van der Waals surface area contributed by atoms with Crippen molar-refractivity contribution in [1.82, 2.24) is 5.32 Å². The van der Waals surface area contributed by atoms with Gasteiger partial charge >= 0.3 is 0 Å². The Morgan fingerprint density at radius 3 is 3.12 bits per heavy atom. The average molecular weight is 240 g/mol. The molecule has 0 aliphatic carbocycles. The number of thioether (sulfide) groups is 1. The Bertz CT molecular complexity index is 405. The zero-order valence-corrected chi connectivity index (χ0v) is 9.73. The van der Waals surface area contributed by atoms with E-state index in [0.717, 1.165) is 11.6 Å². The number of nitrogens with one attached hydrogen (secondary N) is 2. The molecule has 1 fully saturated rings. The topological polar surface area (TPSA) is 41.1 Å². The molecule has 0 radical (unpaired) electrons. The van der Waals surface area contributed by atoms with Gasteiger partial charge < -0.3 is 5.32 Å². The standard InChI is InChI=1S/C11H13FN2OS/c1-7-8(12)3-2-4-9(7)14-11(15)10-5-16-6-13-10/h2-4,10,13H,5-6H2,1H3,(H,14,15). The van der Waals surface area contributed by atoms with Gasteiger partial charge in [0.05, 0.1) is 6.04 Å². The van der Waals surface area contributed by atoms with Crippen LogP contribution in [-0.4, -0.2) is 23.6 Å². The molecule has 1 aliphatic heterocycles. The van der Waals surface area contributed by atoms with Crippen LogP contribution < -0.4 is 10.6 Å². The highest BCUT2D eigenvalue weighted by Gasteiger charge is 2.22. The monoisotopic (exact) mass is 240 g/mol. The SMILES string of the molecule is Cc1c(F)cccc1NC(=O)C1CSCN1. The van der Waals surface area contributed by atoms with Gasteiger partial charge in [0.15, 0.2) is 0 Å². The first-order valence-electron chi connectivity index (χ1n) is 5.05. The highest BCUT2D eigenvalue weighted by Crippen LogP contribution is 2.18. The van der Waals surface area contributed by atoms with Gasteiger partial charge in [-0.1, -0.05) is 6.07 Å². The fourth-order valence-corrected chi connectivity index (χ4v) is 2.47. The first-order valence-corrected chi connectivity index (χ1v) is 6.21. The third-order valence-electron chi connectivity index (χ3n) is 2.56. The minimum atomic E-state index is -0.299. The molecule has 2 rings (SSSR count).